The molecule has 7 heteroatoms. The Labute approximate surface area is 85.2 Å². The molecule has 0 aliphatic carbocycles. The van der Waals surface area contributed by atoms with Crippen LogP contribution in [0.4, 0.5) is 13.2 Å². The maximum absolute atomic E-state index is 12.3. The van der Waals surface area contributed by atoms with Crippen molar-refractivity contribution in [1.82, 2.24) is 10.6 Å². The maximum Gasteiger partial charge on any atom is 0.417 e. The number of hydrogen-bond donors (Lipinski definition) is 2. The maximum atomic E-state index is 12.3. The van der Waals surface area contributed by atoms with Gasteiger partial charge in [0.1, 0.15) is 0 Å². The van der Waals surface area contributed by atoms with Gasteiger partial charge < -0.3 is 10.6 Å². The van der Waals surface area contributed by atoms with E-state index in [0.717, 1.165) is 6.92 Å². The fourth-order valence-corrected chi connectivity index (χ4v) is 0.867. The van der Waals surface area contributed by atoms with E-state index in [-0.39, 0.29) is 0 Å². The second-order valence-electron chi connectivity index (χ2n) is 3.34. The fraction of sp³-hybridized carbons (Fsp3) is 0.750. The summed E-state index contributed by atoms with van der Waals surface area (Å²) in [5.41, 5.74) is 0. The molecule has 1 unspecified atom stereocenters. The van der Waals surface area contributed by atoms with Crippen LogP contribution in [0.1, 0.15) is 20.8 Å². The number of nitrogens with one attached hydrogen (secondary N) is 2. The summed E-state index contributed by atoms with van der Waals surface area (Å²) in [7, 11) is 0. The van der Waals surface area contributed by atoms with E-state index >= 15 is 0 Å². The van der Waals surface area contributed by atoms with Crippen LogP contribution in [0.3, 0.4) is 0 Å². The zero-order chi connectivity index (χ0) is 12.2. The average Bonchev–Trinajstić information content (AvgIpc) is 1.95. The normalized spacial score (nSPS) is 13.5. The van der Waals surface area contributed by atoms with Crippen molar-refractivity contribution in [3.05, 3.63) is 0 Å². The molecule has 0 radical (unpaired) electrons. The lowest BCUT2D eigenvalue weighted by Gasteiger charge is -2.21. The molecular formula is C8H13F3N2O2. The molecule has 0 spiro atoms. The van der Waals surface area contributed by atoms with Gasteiger partial charge >= 0.3 is 6.18 Å². The third-order valence-corrected chi connectivity index (χ3v) is 1.37. The molecule has 88 valence electrons. The lowest BCUT2D eigenvalue weighted by Crippen LogP contribution is -2.55. The molecule has 0 aromatic carbocycles. The molecule has 0 fully saturated rings. The van der Waals surface area contributed by atoms with Crippen LogP contribution in [0, 0.1) is 0 Å². The molecule has 15 heavy (non-hydrogen) atoms. The second kappa shape index (κ2) is 4.99. The Hall–Kier alpha value is -1.27. The number of amides is 2. The van der Waals surface area contributed by atoms with E-state index in [0.29, 0.717) is 0 Å². The Bertz CT molecular complexity index is 251. The van der Waals surface area contributed by atoms with Crippen LogP contribution in [-0.4, -0.2) is 30.1 Å². The first-order chi connectivity index (χ1) is 6.64. The van der Waals surface area contributed by atoms with Crippen molar-refractivity contribution in [2.24, 2.45) is 0 Å². The zero-order valence-electron chi connectivity index (χ0n) is 8.61. The summed E-state index contributed by atoms with van der Waals surface area (Å²) in [5.74, 6) is -2.16. The molecule has 0 saturated carbocycles. The number of hydrogen-bond acceptors (Lipinski definition) is 2. The number of rotatable bonds is 3. The topological polar surface area (TPSA) is 58.2 Å². The monoisotopic (exact) mass is 226 g/mol. The van der Waals surface area contributed by atoms with Gasteiger partial charge in [0.2, 0.25) is 11.9 Å². The molecule has 0 aliphatic heterocycles. The molecule has 0 rings (SSSR count). The Morgan fingerprint density at radius 2 is 1.60 bits per heavy atom. The van der Waals surface area contributed by atoms with Crippen molar-refractivity contribution in [3.63, 3.8) is 0 Å². The van der Waals surface area contributed by atoms with Gasteiger partial charge in [-0.25, -0.2) is 0 Å². The van der Waals surface area contributed by atoms with Gasteiger partial charge in [-0.2, -0.15) is 13.2 Å². The van der Waals surface area contributed by atoms with E-state index in [4.69, 9.17) is 0 Å². The first kappa shape index (κ1) is 13.7. The Balaban J connectivity index is 4.64. The first-order valence-electron chi connectivity index (χ1n) is 4.28. The molecular weight excluding hydrogens is 213 g/mol. The van der Waals surface area contributed by atoms with Gasteiger partial charge in [-0.15, -0.1) is 0 Å². The minimum atomic E-state index is -4.79. The van der Waals surface area contributed by atoms with E-state index in [1.54, 1.807) is 5.32 Å². The number of carbonyl (C=O) groups excluding carboxylic acids is 2. The number of halogens is 3. The van der Waals surface area contributed by atoms with Crippen LogP contribution >= 0.6 is 0 Å². The molecule has 0 aromatic rings. The van der Waals surface area contributed by atoms with Crippen LogP contribution in [0.5, 0.6) is 0 Å². The molecule has 2 N–H and O–H groups in total. The first-order valence-corrected chi connectivity index (χ1v) is 4.28. The molecule has 0 saturated heterocycles. The highest BCUT2D eigenvalue weighted by Crippen LogP contribution is 2.20. The fourth-order valence-electron chi connectivity index (χ4n) is 0.867. The second-order valence-corrected chi connectivity index (χ2v) is 3.34. The summed E-state index contributed by atoms with van der Waals surface area (Å²) in [6.07, 6.45) is -4.79. The van der Waals surface area contributed by atoms with Crippen LogP contribution in [0.15, 0.2) is 0 Å². The van der Waals surface area contributed by atoms with Gasteiger partial charge in [0.05, 0.1) is 0 Å². The van der Waals surface area contributed by atoms with E-state index in [2.05, 4.69) is 5.32 Å². The Kier molecular flexibility index (Phi) is 4.57. The molecule has 1 atom stereocenters. The van der Waals surface area contributed by atoms with Crippen molar-refractivity contribution in [2.75, 3.05) is 0 Å². The molecule has 0 bridgehead atoms. The summed E-state index contributed by atoms with van der Waals surface area (Å²) in [6, 6.07) is -2.91. The number of alkyl halides is 3. The summed E-state index contributed by atoms with van der Waals surface area (Å²) >= 11 is 0. The highest BCUT2D eigenvalue weighted by molar-refractivity contribution is 5.87. The SMILES string of the molecule is CC(=O)NC(C(=O)NC(C)C)C(F)(F)F. The standard InChI is InChI=1S/C8H13F3N2O2/c1-4(2)12-7(15)6(8(9,10)11)13-5(3)14/h4,6H,1-3H3,(H,12,15)(H,13,14). The van der Waals surface area contributed by atoms with Crippen LogP contribution < -0.4 is 10.6 Å². The van der Waals surface area contributed by atoms with Crippen LogP contribution in [-0.2, 0) is 9.59 Å². The van der Waals surface area contributed by atoms with Gasteiger partial charge in [0.25, 0.3) is 5.91 Å². The Morgan fingerprint density at radius 3 is 1.87 bits per heavy atom. The average molecular weight is 226 g/mol. The quantitative estimate of drug-likeness (QED) is 0.739. The van der Waals surface area contributed by atoms with E-state index in [9.17, 15) is 22.8 Å². The summed E-state index contributed by atoms with van der Waals surface area (Å²) in [4.78, 5) is 21.6. The van der Waals surface area contributed by atoms with Crippen LogP contribution in [0.2, 0.25) is 0 Å². The summed E-state index contributed by atoms with van der Waals surface area (Å²) in [6.45, 7) is 3.97. The molecule has 0 aliphatic rings. The third-order valence-electron chi connectivity index (χ3n) is 1.37. The van der Waals surface area contributed by atoms with E-state index < -0.39 is 30.1 Å². The van der Waals surface area contributed by atoms with Gasteiger partial charge in [-0.05, 0) is 13.8 Å². The third kappa shape index (κ3) is 5.24. The zero-order valence-corrected chi connectivity index (χ0v) is 8.61. The van der Waals surface area contributed by atoms with Crippen molar-refractivity contribution >= 4 is 11.8 Å². The van der Waals surface area contributed by atoms with E-state index in [1.807, 2.05) is 0 Å². The Morgan fingerprint density at radius 1 is 1.13 bits per heavy atom. The van der Waals surface area contributed by atoms with Crippen molar-refractivity contribution in [3.8, 4) is 0 Å². The summed E-state index contributed by atoms with van der Waals surface area (Å²) in [5, 5.41) is 3.63. The van der Waals surface area contributed by atoms with Crippen molar-refractivity contribution < 1.29 is 22.8 Å². The number of carbonyl (C=O) groups is 2. The van der Waals surface area contributed by atoms with Gasteiger partial charge in [-0.3, -0.25) is 9.59 Å². The van der Waals surface area contributed by atoms with Crippen LogP contribution in [0.25, 0.3) is 0 Å². The predicted octanol–water partition coefficient (Wildman–Crippen LogP) is 0.578. The lowest BCUT2D eigenvalue weighted by molar-refractivity contribution is -0.171. The minimum absolute atomic E-state index is 0.420. The molecule has 2 amide bonds. The largest absolute Gasteiger partial charge is 0.417 e. The lowest BCUT2D eigenvalue weighted by atomic mass is 10.2. The van der Waals surface area contributed by atoms with Crippen molar-refractivity contribution in [2.45, 2.75) is 39.0 Å². The van der Waals surface area contributed by atoms with Gasteiger partial charge in [0.15, 0.2) is 0 Å². The van der Waals surface area contributed by atoms with Gasteiger partial charge in [-0.1, -0.05) is 0 Å². The highest BCUT2D eigenvalue weighted by Gasteiger charge is 2.45. The van der Waals surface area contributed by atoms with Gasteiger partial charge in [0, 0.05) is 13.0 Å². The predicted molar refractivity (Wildman–Crippen MR) is 46.9 cm³/mol. The minimum Gasteiger partial charge on any atom is -0.352 e. The molecule has 0 aromatic heterocycles. The van der Waals surface area contributed by atoms with Crippen molar-refractivity contribution in [1.29, 1.82) is 0 Å². The highest BCUT2D eigenvalue weighted by atomic mass is 19.4. The summed E-state index contributed by atoms with van der Waals surface area (Å²) < 4.78 is 36.9. The molecule has 4 nitrogen and oxygen atoms in total. The molecule has 0 heterocycles. The smallest absolute Gasteiger partial charge is 0.352 e. The van der Waals surface area contributed by atoms with E-state index in [1.165, 1.54) is 13.8 Å².